The van der Waals surface area contributed by atoms with Crippen molar-refractivity contribution in [3.63, 3.8) is 0 Å². The standard InChI is InChI=1S/C10H9NO3S/c1-14-10(13)9-7(5-12)6(4-11)2-3-8(9)15/h2-3,12,15H,5H2,1H3. The van der Waals surface area contributed by atoms with Crippen molar-refractivity contribution in [3.05, 3.63) is 28.8 Å². The maximum absolute atomic E-state index is 11.4. The third-order valence-corrected chi connectivity index (χ3v) is 2.33. The van der Waals surface area contributed by atoms with E-state index in [1.807, 2.05) is 6.07 Å². The van der Waals surface area contributed by atoms with Gasteiger partial charge in [-0.05, 0) is 12.1 Å². The number of hydrogen-bond donors (Lipinski definition) is 2. The summed E-state index contributed by atoms with van der Waals surface area (Å²) in [6.07, 6.45) is 0. The van der Waals surface area contributed by atoms with Crippen LogP contribution in [0.5, 0.6) is 0 Å². The molecule has 0 bridgehead atoms. The van der Waals surface area contributed by atoms with Crippen LogP contribution in [0.4, 0.5) is 0 Å². The summed E-state index contributed by atoms with van der Waals surface area (Å²) in [5.74, 6) is -0.610. The summed E-state index contributed by atoms with van der Waals surface area (Å²) in [5.41, 5.74) is 0.634. The number of thiol groups is 1. The number of ether oxygens (including phenoxy) is 1. The Morgan fingerprint density at radius 3 is 2.80 bits per heavy atom. The summed E-state index contributed by atoms with van der Waals surface area (Å²) in [5, 5.41) is 17.9. The molecule has 15 heavy (non-hydrogen) atoms. The lowest BCUT2D eigenvalue weighted by Crippen LogP contribution is -2.09. The van der Waals surface area contributed by atoms with Crippen LogP contribution in [0.3, 0.4) is 0 Å². The lowest BCUT2D eigenvalue weighted by Gasteiger charge is -2.09. The predicted molar refractivity (Wildman–Crippen MR) is 55.7 cm³/mol. The lowest BCUT2D eigenvalue weighted by molar-refractivity contribution is 0.0593. The maximum Gasteiger partial charge on any atom is 0.339 e. The molecule has 0 heterocycles. The van der Waals surface area contributed by atoms with Gasteiger partial charge in [0.2, 0.25) is 0 Å². The summed E-state index contributed by atoms with van der Waals surface area (Å²) in [6, 6.07) is 4.91. The molecular weight excluding hydrogens is 214 g/mol. The zero-order valence-corrected chi connectivity index (χ0v) is 8.91. The van der Waals surface area contributed by atoms with Crippen molar-refractivity contribution in [1.29, 1.82) is 5.26 Å². The summed E-state index contributed by atoms with van der Waals surface area (Å²) in [7, 11) is 1.23. The fourth-order valence-electron chi connectivity index (χ4n) is 1.23. The van der Waals surface area contributed by atoms with Crippen LogP contribution < -0.4 is 0 Å². The Balaban J connectivity index is 3.47. The van der Waals surface area contributed by atoms with Gasteiger partial charge in [-0.15, -0.1) is 12.6 Å². The van der Waals surface area contributed by atoms with Crippen molar-refractivity contribution < 1.29 is 14.6 Å². The second-order valence-corrected chi connectivity index (χ2v) is 3.23. The first-order chi connectivity index (χ1) is 7.15. The molecular formula is C10H9NO3S. The van der Waals surface area contributed by atoms with Crippen LogP contribution in [0.15, 0.2) is 17.0 Å². The highest BCUT2D eigenvalue weighted by molar-refractivity contribution is 7.80. The van der Waals surface area contributed by atoms with Crippen LogP contribution >= 0.6 is 12.6 Å². The number of esters is 1. The molecule has 0 aliphatic carbocycles. The topological polar surface area (TPSA) is 70.3 Å². The average Bonchev–Trinajstić information content (AvgIpc) is 2.27. The van der Waals surface area contributed by atoms with Crippen molar-refractivity contribution >= 4 is 18.6 Å². The molecule has 0 aliphatic heterocycles. The summed E-state index contributed by atoms with van der Waals surface area (Å²) in [6.45, 7) is -0.401. The Hall–Kier alpha value is -1.51. The van der Waals surface area contributed by atoms with Crippen LogP contribution in [-0.4, -0.2) is 18.2 Å². The second kappa shape index (κ2) is 4.82. The molecule has 1 N–H and O–H groups in total. The van der Waals surface area contributed by atoms with Crippen molar-refractivity contribution in [3.8, 4) is 6.07 Å². The molecule has 78 valence electrons. The Morgan fingerprint density at radius 1 is 1.67 bits per heavy atom. The van der Waals surface area contributed by atoms with E-state index in [-0.39, 0.29) is 16.7 Å². The van der Waals surface area contributed by atoms with Crippen LogP contribution in [0.25, 0.3) is 0 Å². The van der Waals surface area contributed by atoms with Gasteiger partial charge in [0.05, 0.1) is 30.9 Å². The van der Waals surface area contributed by atoms with Gasteiger partial charge in [-0.25, -0.2) is 4.79 Å². The van der Waals surface area contributed by atoms with E-state index in [4.69, 9.17) is 10.4 Å². The van der Waals surface area contributed by atoms with E-state index in [0.717, 1.165) is 0 Å². The number of nitriles is 1. The number of aliphatic hydroxyl groups excluding tert-OH is 1. The molecule has 0 aromatic heterocycles. The van der Waals surface area contributed by atoms with E-state index >= 15 is 0 Å². The monoisotopic (exact) mass is 223 g/mol. The fourth-order valence-corrected chi connectivity index (χ4v) is 1.54. The zero-order valence-electron chi connectivity index (χ0n) is 8.02. The highest BCUT2D eigenvalue weighted by Gasteiger charge is 2.18. The van der Waals surface area contributed by atoms with Crippen molar-refractivity contribution in [2.45, 2.75) is 11.5 Å². The molecule has 1 aromatic rings. The second-order valence-electron chi connectivity index (χ2n) is 2.75. The molecule has 0 radical (unpaired) electrons. The van der Waals surface area contributed by atoms with Gasteiger partial charge in [-0.2, -0.15) is 5.26 Å². The number of benzene rings is 1. The van der Waals surface area contributed by atoms with E-state index in [0.29, 0.717) is 4.90 Å². The zero-order chi connectivity index (χ0) is 11.4. The number of carbonyl (C=O) groups excluding carboxylic acids is 1. The number of rotatable bonds is 2. The number of aliphatic hydroxyl groups is 1. The summed E-state index contributed by atoms with van der Waals surface area (Å²) >= 11 is 4.08. The number of hydrogen-bond acceptors (Lipinski definition) is 5. The average molecular weight is 223 g/mol. The molecule has 0 atom stereocenters. The van der Waals surface area contributed by atoms with Gasteiger partial charge in [-0.3, -0.25) is 0 Å². The van der Waals surface area contributed by atoms with Gasteiger partial charge < -0.3 is 9.84 Å². The lowest BCUT2D eigenvalue weighted by atomic mass is 10.0. The molecule has 0 amide bonds. The molecule has 1 rings (SSSR count). The molecule has 0 unspecified atom stereocenters. The van der Waals surface area contributed by atoms with Gasteiger partial charge in [0, 0.05) is 10.5 Å². The van der Waals surface area contributed by atoms with Crippen LogP contribution in [0.1, 0.15) is 21.5 Å². The maximum atomic E-state index is 11.4. The first-order valence-corrected chi connectivity index (χ1v) is 4.54. The molecule has 0 saturated carbocycles. The molecule has 0 saturated heterocycles. The molecule has 1 aromatic carbocycles. The van der Waals surface area contributed by atoms with Crippen LogP contribution in [-0.2, 0) is 11.3 Å². The van der Waals surface area contributed by atoms with Crippen molar-refractivity contribution in [2.24, 2.45) is 0 Å². The van der Waals surface area contributed by atoms with Gasteiger partial charge in [0.25, 0.3) is 0 Å². The van der Waals surface area contributed by atoms with Crippen LogP contribution in [0.2, 0.25) is 0 Å². The molecule has 4 nitrogen and oxygen atoms in total. The Labute approximate surface area is 92.5 Å². The predicted octanol–water partition coefficient (Wildman–Crippen LogP) is 1.13. The van der Waals surface area contributed by atoms with Gasteiger partial charge >= 0.3 is 5.97 Å². The minimum atomic E-state index is -0.610. The third-order valence-electron chi connectivity index (χ3n) is 1.96. The first kappa shape index (κ1) is 11.6. The Morgan fingerprint density at radius 2 is 2.33 bits per heavy atom. The molecule has 0 spiro atoms. The van der Waals surface area contributed by atoms with E-state index in [9.17, 15) is 4.79 Å². The van der Waals surface area contributed by atoms with E-state index in [2.05, 4.69) is 17.4 Å². The van der Waals surface area contributed by atoms with Crippen molar-refractivity contribution in [2.75, 3.05) is 7.11 Å². The van der Waals surface area contributed by atoms with Crippen LogP contribution in [0, 0.1) is 11.3 Å². The molecule has 0 aliphatic rings. The summed E-state index contributed by atoms with van der Waals surface area (Å²) in [4.78, 5) is 11.8. The minimum Gasteiger partial charge on any atom is -0.465 e. The third kappa shape index (κ3) is 2.12. The number of carbonyl (C=O) groups is 1. The van der Waals surface area contributed by atoms with E-state index in [1.54, 1.807) is 0 Å². The summed E-state index contributed by atoms with van der Waals surface area (Å²) < 4.78 is 4.55. The molecule has 0 fully saturated rings. The Bertz CT molecular complexity index is 437. The molecule has 5 heteroatoms. The highest BCUT2D eigenvalue weighted by Crippen LogP contribution is 2.22. The van der Waals surface area contributed by atoms with Gasteiger partial charge in [0.1, 0.15) is 0 Å². The SMILES string of the molecule is COC(=O)c1c(S)ccc(C#N)c1CO. The fraction of sp³-hybridized carbons (Fsp3) is 0.200. The van der Waals surface area contributed by atoms with E-state index < -0.39 is 12.6 Å². The smallest absolute Gasteiger partial charge is 0.339 e. The van der Waals surface area contributed by atoms with E-state index in [1.165, 1.54) is 19.2 Å². The van der Waals surface area contributed by atoms with Gasteiger partial charge in [-0.1, -0.05) is 0 Å². The highest BCUT2D eigenvalue weighted by atomic mass is 32.1. The van der Waals surface area contributed by atoms with Gasteiger partial charge in [0.15, 0.2) is 0 Å². The number of nitrogens with zero attached hydrogens (tertiary/aromatic N) is 1. The largest absolute Gasteiger partial charge is 0.465 e. The number of methoxy groups -OCH3 is 1. The quantitative estimate of drug-likeness (QED) is 0.582. The Kier molecular flexibility index (Phi) is 3.72. The first-order valence-electron chi connectivity index (χ1n) is 4.09. The minimum absolute atomic E-state index is 0.141. The van der Waals surface area contributed by atoms with Crippen molar-refractivity contribution in [1.82, 2.24) is 0 Å². The normalized spacial score (nSPS) is 9.47.